The number of carbonyl (C=O) groups excluding carboxylic acids is 1. The van der Waals surface area contributed by atoms with Crippen LogP contribution < -0.4 is 5.32 Å². The first kappa shape index (κ1) is 16.6. The fraction of sp³-hybridized carbons (Fsp3) is 0.111. The van der Waals surface area contributed by atoms with E-state index in [9.17, 15) is 9.90 Å². The zero-order valence-electron chi connectivity index (χ0n) is 12.3. The predicted molar refractivity (Wildman–Crippen MR) is 89.9 cm³/mol. The molecule has 0 aliphatic carbocycles. The van der Waals surface area contributed by atoms with E-state index in [-0.39, 0.29) is 11.3 Å². The molecule has 0 unspecified atom stereocenters. The van der Waals surface area contributed by atoms with Crippen molar-refractivity contribution in [2.24, 2.45) is 0 Å². The van der Waals surface area contributed by atoms with E-state index >= 15 is 0 Å². The summed E-state index contributed by atoms with van der Waals surface area (Å²) in [7, 11) is 0. The maximum atomic E-state index is 12.0. The van der Waals surface area contributed by atoms with Gasteiger partial charge in [-0.15, -0.1) is 0 Å². The highest BCUT2D eigenvalue weighted by atomic mass is 35.5. The highest BCUT2D eigenvalue weighted by Crippen LogP contribution is 2.15. The number of benzene rings is 2. The smallest absolute Gasteiger partial charge is 0.261 e. The van der Waals surface area contributed by atoms with Gasteiger partial charge >= 0.3 is 0 Å². The summed E-state index contributed by atoms with van der Waals surface area (Å²) in [4.78, 5) is 12.0. The number of carbonyl (C=O) groups is 1. The van der Waals surface area contributed by atoms with Gasteiger partial charge in [-0.25, -0.2) is 0 Å². The Morgan fingerprint density at radius 2 is 1.91 bits per heavy atom. The molecule has 0 bridgehead atoms. The molecule has 1 amide bonds. The largest absolute Gasteiger partial charge is 0.508 e. The first-order chi connectivity index (χ1) is 11.1. The summed E-state index contributed by atoms with van der Waals surface area (Å²) in [6, 6.07) is 15.6. The van der Waals surface area contributed by atoms with Crippen LogP contribution in [0.5, 0.6) is 5.75 Å². The molecule has 0 saturated heterocycles. The van der Waals surface area contributed by atoms with Crippen LogP contribution >= 0.6 is 11.6 Å². The zero-order chi connectivity index (χ0) is 16.7. The first-order valence-electron chi connectivity index (χ1n) is 7.02. The van der Waals surface area contributed by atoms with Crippen LogP contribution in [0.25, 0.3) is 6.08 Å². The lowest BCUT2D eigenvalue weighted by Gasteiger charge is -2.06. The molecule has 4 nitrogen and oxygen atoms in total. The Hall–Kier alpha value is -2.77. The quantitative estimate of drug-likeness (QED) is 0.654. The normalized spacial score (nSPS) is 10.9. The van der Waals surface area contributed by atoms with E-state index < -0.39 is 5.91 Å². The van der Waals surface area contributed by atoms with Crippen LogP contribution in [0, 0.1) is 11.3 Å². The van der Waals surface area contributed by atoms with Gasteiger partial charge in [0.05, 0.1) is 0 Å². The molecule has 2 aromatic carbocycles. The standard InChI is InChI=1S/C18H15ClN2O2/c19-17-4-2-1-3-14(17)9-10-21-18(23)15(12-20)11-13-5-7-16(22)8-6-13/h1-8,11,22H,9-10H2,(H,21,23). The molecule has 0 saturated carbocycles. The van der Waals surface area contributed by atoms with Crippen LogP contribution in [0.4, 0.5) is 0 Å². The Kier molecular flexibility index (Phi) is 5.79. The molecule has 116 valence electrons. The highest BCUT2D eigenvalue weighted by molar-refractivity contribution is 6.31. The third kappa shape index (κ3) is 4.87. The Balaban J connectivity index is 1.97. The molecule has 0 heterocycles. The van der Waals surface area contributed by atoms with Gasteiger partial charge in [-0.2, -0.15) is 5.26 Å². The van der Waals surface area contributed by atoms with E-state index in [4.69, 9.17) is 16.9 Å². The number of nitrogens with zero attached hydrogens (tertiary/aromatic N) is 1. The Bertz CT molecular complexity index is 761. The first-order valence-corrected chi connectivity index (χ1v) is 7.40. The van der Waals surface area contributed by atoms with E-state index in [0.717, 1.165) is 5.56 Å². The summed E-state index contributed by atoms with van der Waals surface area (Å²) in [6.07, 6.45) is 2.06. The number of aromatic hydroxyl groups is 1. The number of amides is 1. The second-order valence-corrected chi connectivity index (χ2v) is 5.27. The summed E-state index contributed by atoms with van der Waals surface area (Å²) in [6.45, 7) is 0.386. The molecule has 0 fully saturated rings. The summed E-state index contributed by atoms with van der Waals surface area (Å²) >= 11 is 6.05. The lowest BCUT2D eigenvalue weighted by molar-refractivity contribution is -0.117. The van der Waals surface area contributed by atoms with Crippen molar-refractivity contribution in [1.82, 2.24) is 5.32 Å². The van der Waals surface area contributed by atoms with Crippen LogP contribution in [0.2, 0.25) is 5.02 Å². The second-order valence-electron chi connectivity index (χ2n) is 4.86. The van der Waals surface area contributed by atoms with Crippen molar-refractivity contribution < 1.29 is 9.90 Å². The van der Waals surface area contributed by atoms with Gasteiger partial charge < -0.3 is 10.4 Å². The van der Waals surface area contributed by atoms with Gasteiger partial charge in [-0.3, -0.25) is 4.79 Å². The maximum absolute atomic E-state index is 12.0. The second kappa shape index (κ2) is 8.02. The zero-order valence-corrected chi connectivity index (χ0v) is 13.0. The van der Waals surface area contributed by atoms with E-state index in [1.165, 1.54) is 18.2 Å². The van der Waals surface area contributed by atoms with Crippen molar-refractivity contribution in [3.63, 3.8) is 0 Å². The van der Waals surface area contributed by atoms with Gasteiger partial charge in [0.25, 0.3) is 5.91 Å². The molecule has 0 radical (unpaired) electrons. The number of nitrogens with one attached hydrogen (secondary N) is 1. The molecule has 23 heavy (non-hydrogen) atoms. The van der Waals surface area contributed by atoms with Crippen molar-refractivity contribution in [2.75, 3.05) is 6.54 Å². The number of hydrogen-bond acceptors (Lipinski definition) is 3. The summed E-state index contributed by atoms with van der Waals surface area (Å²) < 4.78 is 0. The fourth-order valence-electron chi connectivity index (χ4n) is 1.99. The topological polar surface area (TPSA) is 73.1 Å². The lowest BCUT2D eigenvalue weighted by atomic mass is 10.1. The van der Waals surface area contributed by atoms with Gasteiger partial charge in [-0.05, 0) is 41.8 Å². The van der Waals surface area contributed by atoms with E-state index in [0.29, 0.717) is 23.6 Å². The van der Waals surface area contributed by atoms with E-state index in [1.54, 1.807) is 18.2 Å². The molecule has 0 atom stereocenters. The fourth-order valence-corrected chi connectivity index (χ4v) is 2.22. The van der Waals surface area contributed by atoms with Crippen molar-refractivity contribution in [3.8, 4) is 11.8 Å². The van der Waals surface area contributed by atoms with Crippen molar-refractivity contribution in [2.45, 2.75) is 6.42 Å². The number of phenols is 1. The molecule has 2 aromatic rings. The average Bonchev–Trinajstić information content (AvgIpc) is 2.56. The molecule has 0 aliphatic heterocycles. The number of rotatable bonds is 5. The van der Waals surface area contributed by atoms with Crippen LogP contribution in [0.1, 0.15) is 11.1 Å². The van der Waals surface area contributed by atoms with Crippen molar-refractivity contribution in [1.29, 1.82) is 5.26 Å². The minimum Gasteiger partial charge on any atom is -0.508 e. The van der Waals surface area contributed by atoms with Crippen LogP contribution in [-0.2, 0) is 11.2 Å². The van der Waals surface area contributed by atoms with E-state index in [1.807, 2.05) is 24.3 Å². The highest BCUT2D eigenvalue weighted by Gasteiger charge is 2.09. The SMILES string of the molecule is N#CC(=Cc1ccc(O)cc1)C(=O)NCCc1ccccc1Cl. The third-order valence-corrected chi connectivity index (χ3v) is 3.58. The van der Waals surface area contributed by atoms with E-state index in [2.05, 4.69) is 5.32 Å². The van der Waals surface area contributed by atoms with Crippen LogP contribution in [0.15, 0.2) is 54.1 Å². The summed E-state index contributed by atoms with van der Waals surface area (Å²) in [5, 5.41) is 21.7. The maximum Gasteiger partial charge on any atom is 0.261 e. The summed E-state index contributed by atoms with van der Waals surface area (Å²) in [5.74, 6) is -0.308. The van der Waals surface area contributed by atoms with Crippen molar-refractivity contribution >= 4 is 23.6 Å². The number of halogens is 1. The molecule has 0 aromatic heterocycles. The number of phenolic OH excluding ortho intramolecular Hbond substituents is 1. The Labute approximate surface area is 139 Å². The third-order valence-electron chi connectivity index (χ3n) is 3.21. The molecular weight excluding hydrogens is 312 g/mol. The van der Waals surface area contributed by atoms with Gasteiger partial charge in [0.1, 0.15) is 17.4 Å². The molecule has 5 heteroatoms. The van der Waals surface area contributed by atoms with Gasteiger partial charge in [0.15, 0.2) is 0 Å². The Morgan fingerprint density at radius 1 is 1.22 bits per heavy atom. The number of nitriles is 1. The van der Waals surface area contributed by atoms with Crippen molar-refractivity contribution in [3.05, 3.63) is 70.3 Å². The van der Waals surface area contributed by atoms with Crippen LogP contribution in [-0.4, -0.2) is 17.6 Å². The summed E-state index contributed by atoms with van der Waals surface area (Å²) in [5.41, 5.74) is 1.62. The minimum absolute atomic E-state index is 0.00912. The number of hydrogen-bond donors (Lipinski definition) is 2. The minimum atomic E-state index is -0.437. The molecular formula is C18H15ClN2O2. The van der Waals surface area contributed by atoms with Gasteiger partial charge in [-0.1, -0.05) is 41.9 Å². The van der Waals surface area contributed by atoms with Gasteiger partial charge in [0, 0.05) is 11.6 Å². The predicted octanol–water partition coefficient (Wildman–Crippen LogP) is 3.31. The lowest BCUT2D eigenvalue weighted by Crippen LogP contribution is -2.26. The Morgan fingerprint density at radius 3 is 2.57 bits per heavy atom. The average molecular weight is 327 g/mol. The molecule has 0 aliphatic rings. The van der Waals surface area contributed by atoms with Crippen LogP contribution in [0.3, 0.4) is 0 Å². The molecule has 2 rings (SSSR count). The molecule has 2 N–H and O–H groups in total. The van der Waals surface area contributed by atoms with Gasteiger partial charge in [0.2, 0.25) is 0 Å². The molecule has 0 spiro atoms. The monoisotopic (exact) mass is 326 g/mol.